The molecule has 2 heterocycles. The number of nitrogens with zero attached hydrogens (tertiary/aromatic N) is 4. The average Bonchev–Trinajstić information content (AvgIpc) is 3.15. The standard InChI is InChI=1S/C17H14N4O/c1-10-12-7-6-11(8-14(12)21-20-10)17-18-9-15(19-17)13-4-2-3-5-16(13)22/h2-8,10,22H,9H2,1H3. The highest BCUT2D eigenvalue weighted by Crippen LogP contribution is 2.36. The largest absolute Gasteiger partial charge is 0.507 e. The summed E-state index contributed by atoms with van der Waals surface area (Å²) in [5, 5.41) is 18.3. The van der Waals surface area contributed by atoms with Gasteiger partial charge in [0.05, 0.1) is 24.0 Å². The first-order chi connectivity index (χ1) is 10.7. The lowest BCUT2D eigenvalue weighted by Gasteiger charge is -2.03. The van der Waals surface area contributed by atoms with Gasteiger partial charge in [-0.1, -0.05) is 24.3 Å². The van der Waals surface area contributed by atoms with Crippen molar-refractivity contribution in [1.29, 1.82) is 0 Å². The average molecular weight is 290 g/mol. The number of amidine groups is 1. The highest BCUT2D eigenvalue weighted by atomic mass is 16.3. The van der Waals surface area contributed by atoms with Crippen molar-refractivity contribution in [2.24, 2.45) is 20.2 Å². The van der Waals surface area contributed by atoms with Crippen LogP contribution in [0.3, 0.4) is 0 Å². The molecule has 2 aromatic carbocycles. The number of benzene rings is 2. The zero-order valence-electron chi connectivity index (χ0n) is 12.1. The first-order valence-corrected chi connectivity index (χ1v) is 7.18. The van der Waals surface area contributed by atoms with E-state index in [1.54, 1.807) is 12.1 Å². The van der Waals surface area contributed by atoms with E-state index in [0.29, 0.717) is 12.4 Å². The molecule has 2 aliphatic rings. The van der Waals surface area contributed by atoms with E-state index in [9.17, 15) is 5.11 Å². The third-order valence-electron chi connectivity index (χ3n) is 3.91. The maximum Gasteiger partial charge on any atom is 0.155 e. The van der Waals surface area contributed by atoms with Crippen LogP contribution >= 0.6 is 0 Å². The number of aromatic hydroxyl groups is 1. The molecule has 2 aliphatic heterocycles. The monoisotopic (exact) mass is 290 g/mol. The number of para-hydroxylation sites is 1. The van der Waals surface area contributed by atoms with Crippen LogP contribution in [0.5, 0.6) is 5.75 Å². The van der Waals surface area contributed by atoms with Crippen molar-refractivity contribution in [3.8, 4) is 5.75 Å². The molecule has 5 nitrogen and oxygen atoms in total. The number of fused-ring (bicyclic) bond motifs is 1. The maximum atomic E-state index is 9.92. The molecule has 0 saturated heterocycles. The topological polar surface area (TPSA) is 69.7 Å². The molecule has 4 rings (SSSR count). The SMILES string of the molecule is CC1N=Nc2cc(C3=NCC(c4ccccc4O)=N3)ccc21. The summed E-state index contributed by atoms with van der Waals surface area (Å²) in [5.41, 5.74) is 4.46. The zero-order valence-corrected chi connectivity index (χ0v) is 12.1. The van der Waals surface area contributed by atoms with E-state index < -0.39 is 0 Å². The quantitative estimate of drug-likeness (QED) is 0.897. The van der Waals surface area contributed by atoms with Crippen molar-refractivity contribution in [1.82, 2.24) is 0 Å². The molecule has 1 N–H and O–H groups in total. The van der Waals surface area contributed by atoms with Crippen molar-refractivity contribution in [3.05, 3.63) is 59.2 Å². The fraction of sp³-hybridized carbons (Fsp3) is 0.176. The molecule has 0 saturated carbocycles. The van der Waals surface area contributed by atoms with E-state index in [1.165, 1.54) is 0 Å². The Hall–Kier alpha value is -2.82. The van der Waals surface area contributed by atoms with E-state index in [0.717, 1.165) is 28.1 Å². The van der Waals surface area contributed by atoms with Crippen molar-refractivity contribution in [3.63, 3.8) is 0 Å². The molecule has 0 bridgehead atoms. The normalized spacial score (nSPS) is 19.0. The first kappa shape index (κ1) is 12.9. The summed E-state index contributed by atoms with van der Waals surface area (Å²) in [4.78, 5) is 9.05. The van der Waals surface area contributed by atoms with Crippen LogP contribution in [0.2, 0.25) is 0 Å². The molecule has 108 valence electrons. The van der Waals surface area contributed by atoms with E-state index in [4.69, 9.17) is 0 Å². The predicted octanol–water partition coefficient (Wildman–Crippen LogP) is 3.80. The molecule has 0 spiro atoms. The number of azo groups is 1. The lowest BCUT2D eigenvalue weighted by atomic mass is 10.0. The third kappa shape index (κ3) is 2.02. The number of phenolic OH excluding ortho intramolecular Hbond substituents is 1. The molecule has 5 heteroatoms. The van der Waals surface area contributed by atoms with Gasteiger partial charge in [0, 0.05) is 16.7 Å². The minimum atomic E-state index is 0.120. The van der Waals surface area contributed by atoms with Crippen LogP contribution in [0.1, 0.15) is 29.7 Å². The van der Waals surface area contributed by atoms with Gasteiger partial charge in [-0.05, 0) is 25.1 Å². The van der Waals surface area contributed by atoms with E-state index in [1.807, 2.05) is 37.3 Å². The van der Waals surface area contributed by atoms with E-state index in [2.05, 4.69) is 20.2 Å². The number of hydrogen-bond acceptors (Lipinski definition) is 5. The van der Waals surface area contributed by atoms with Crippen molar-refractivity contribution in [2.75, 3.05) is 6.54 Å². The number of aliphatic imine (C=N–C) groups is 2. The summed E-state index contributed by atoms with van der Waals surface area (Å²) in [7, 11) is 0. The van der Waals surface area contributed by atoms with Gasteiger partial charge in [-0.2, -0.15) is 10.2 Å². The minimum absolute atomic E-state index is 0.120. The second-order valence-corrected chi connectivity index (χ2v) is 5.38. The van der Waals surface area contributed by atoms with Crippen LogP contribution in [-0.4, -0.2) is 23.2 Å². The van der Waals surface area contributed by atoms with Crippen molar-refractivity contribution >= 4 is 17.2 Å². The predicted molar refractivity (Wildman–Crippen MR) is 85.4 cm³/mol. The molecule has 0 amide bonds. The van der Waals surface area contributed by atoms with Crippen molar-refractivity contribution < 1.29 is 5.11 Å². The lowest BCUT2D eigenvalue weighted by Crippen LogP contribution is -2.02. The Morgan fingerprint density at radius 3 is 2.86 bits per heavy atom. The number of rotatable bonds is 2. The molecule has 22 heavy (non-hydrogen) atoms. The Labute approximate surface area is 127 Å². The molecular weight excluding hydrogens is 276 g/mol. The summed E-state index contributed by atoms with van der Waals surface area (Å²) in [6.07, 6.45) is 0. The fourth-order valence-corrected chi connectivity index (χ4v) is 2.70. The third-order valence-corrected chi connectivity index (χ3v) is 3.91. The summed E-state index contributed by atoms with van der Waals surface area (Å²) in [5.74, 6) is 0.907. The summed E-state index contributed by atoms with van der Waals surface area (Å²) in [6, 6.07) is 13.3. The van der Waals surface area contributed by atoms with Gasteiger partial charge in [-0.25, -0.2) is 4.99 Å². The Morgan fingerprint density at radius 2 is 2.00 bits per heavy atom. The maximum absolute atomic E-state index is 9.92. The highest BCUT2D eigenvalue weighted by Gasteiger charge is 2.20. The molecular formula is C17H14N4O. The number of phenols is 1. The fourth-order valence-electron chi connectivity index (χ4n) is 2.70. The van der Waals surface area contributed by atoms with Gasteiger partial charge in [0.15, 0.2) is 5.84 Å². The first-order valence-electron chi connectivity index (χ1n) is 7.18. The minimum Gasteiger partial charge on any atom is -0.507 e. The summed E-state index contributed by atoms with van der Waals surface area (Å²) < 4.78 is 0. The second-order valence-electron chi connectivity index (χ2n) is 5.38. The smallest absolute Gasteiger partial charge is 0.155 e. The second kappa shape index (κ2) is 4.87. The molecule has 0 aliphatic carbocycles. The Balaban J connectivity index is 1.68. The van der Waals surface area contributed by atoms with Gasteiger partial charge >= 0.3 is 0 Å². The van der Waals surface area contributed by atoms with Gasteiger partial charge in [0.2, 0.25) is 0 Å². The molecule has 0 fully saturated rings. The molecule has 0 aromatic heterocycles. The Morgan fingerprint density at radius 1 is 1.14 bits per heavy atom. The van der Waals surface area contributed by atoms with Gasteiger partial charge in [-0.15, -0.1) is 0 Å². The van der Waals surface area contributed by atoms with Crippen LogP contribution in [0.25, 0.3) is 0 Å². The molecule has 2 aromatic rings. The summed E-state index contributed by atoms with van der Waals surface area (Å²) in [6.45, 7) is 2.50. The van der Waals surface area contributed by atoms with Gasteiger partial charge in [0.1, 0.15) is 5.75 Å². The van der Waals surface area contributed by atoms with Gasteiger partial charge in [-0.3, -0.25) is 4.99 Å². The van der Waals surface area contributed by atoms with E-state index >= 15 is 0 Å². The molecule has 1 atom stereocenters. The zero-order chi connectivity index (χ0) is 15.1. The highest BCUT2D eigenvalue weighted by molar-refractivity contribution is 6.18. The summed E-state index contributed by atoms with van der Waals surface area (Å²) >= 11 is 0. The lowest BCUT2D eigenvalue weighted by molar-refractivity contribution is 0.474. The van der Waals surface area contributed by atoms with Crippen molar-refractivity contribution in [2.45, 2.75) is 13.0 Å². The van der Waals surface area contributed by atoms with Gasteiger partial charge in [0.25, 0.3) is 0 Å². The Bertz CT molecular complexity index is 851. The molecule has 0 radical (unpaired) electrons. The van der Waals surface area contributed by atoms with Gasteiger partial charge < -0.3 is 5.11 Å². The van der Waals surface area contributed by atoms with E-state index in [-0.39, 0.29) is 11.8 Å². The van der Waals surface area contributed by atoms with Crippen LogP contribution in [0.4, 0.5) is 5.69 Å². The van der Waals surface area contributed by atoms with Crippen LogP contribution in [0, 0.1) is 0 Å². The number of hydrogen-bond donors (Lipinski definition) is 1. The van der Waals surface area contributed by atoms with Crippen LogP contribution < -0.4 is 0 Å². The van der Waals surface area contributed by atoms with Crippen LogP contribution in [-0.2, 0) is 0 Å². The Kier molecular flexibility index (Phi) is 2.85. The molecule has 1 unspecified atom stereocenters. The van der Waals surface area contributed by atoms with Crippen LogP contribution in [0.15, 0.2) is 62.7 Å².